The number of aliphatic imine (C=N–C) groups is 2. The zero-order chi connectivity index (χ0) is 39.5. The number of nitrogens with one attached hydrogen (secondary N) is 3. The lowest BCUT2D eigenvalue weighted by Crippen LogP contribution is -2.41. The van der Waals surface area contributed by atoms with E-state index in [1.165, 1.54) is 6.92 Å². The van der Waals surface area contributed by atoms with E-state index in [-0.39, 0.29) is 5.91 Å². The average Bonchev–Trinajstić information content (AvgIpc) is 4.02. The van der Waals surface area contributed by atoms with Crippen molar-refractivity contribution < 1.29 is 4.79 Å². The molecule has 3 aromatic rings. The molecule has 6 aliphatic rings. The van der Waals surface area contributed by atoms with Gasteiger partial charge in [0.1, 0.15) is 0 Å². The highest BCUT2D eigenvalue weighted by molar-refractivity contribution is 6.41. The first-order chi connectivity index (χ1) is 27.5. The summed E-state index contributed by atoms with van der Waals surface area (Å²) in [7, 11) is 6.20. The van der Waals surface area contributed by atoms with Gasteiger partial charge in [0.2, 0.25) is 5.91 Å². The normalized spacial score (nSPS) is 23.9. The minimum absolute atomic E-state index is 0.163. The summed E-state index contributed by atoms with van der Waals surface area (Å²) in [5.41, 5.74) is 11.0. The van der Waals surface area contributed by atoms with E-state index in [2.05, 4.69) is 130 Å². The molecular weight excluding hydrogens is 751 g/mol. The lowest BCUT2D eigenvalue weighted by atomic mass is 9.87. The van der Waals surface area contributed by atoms with E-state index in [9.17, 15) is 4.79 Å². The first kappa shape index (κ1) is 36.6. The van der Waals surface area contributed by atoms with Crippen molar-refractivity contribution in [2.75, 3.05) is 46.1 Å². The quantitative estimate of drug-likeness (QED) is 0.200. The minimum atomic E-state index is -1.49. The van der Waals surface area contributed by atoms with Gasteiger partial charge in [-0.05, 0) is 66.3 Å². The van der Waals surface area contributed by atoms with E-state index in [1.807, 2.05) is 48.6 Å². The van der Waals surface area contributed by atoms with Crippen LogP contribution in [0.5, 0.6) is 0 Å². The van der Waals surface area contributed by atoms with Crippen LogP contribution in [0, 0.1) is 0 Å². The molecule has 0 saturated carbocycles. The molecule has 6 aliphatic heterocycles. The lowest BCUT2D eigenvalue weighted by molar-refractivity contribution is -0.114. The van der Waals surface area contributed by atoms with Crippen molar-refractivity contribution in [3.63, 3.8) is 0 Å². The predicted octanol–water partition coefficient (Wildman–Crippen LogP) is 6.62. The summed E-state index contributed by atoms with van der Waals surface area (Å²) in [5.74, 6) is -0.163. The monoisotopic (exact) mass is 792 g/mol. The van der Waals surface area contributed by atoms with Gasteiger partial charge < -0.3 is 30.0 Å². The number of nitrogens with zero attached hydrogens (tertiary/aromatic N) is 5. The molecule has 2 unspecified atom stereocenters. The molecule has 0 fully saturated rings. The fourth-order valence-electron chi connectivity index (χ4n) is 8.18. The number of benzene rings is 1. The Morgan fingerprint density at radius 2 is 1.26 bits per heavy atom. The van der Waals surface area contributed by atoms with Crippen molar-refractivity contribution in [1.29, 1.82) is 0 Å². The van der Waals surface area contributed by atoms with E-state index < -0.39 is 9.87 Å². The number of allylic oxidation sites excluding steroid dienone is 10. The molecule has 57 heavy (non-hydrogen) atoms. The average molecular weight is 794 g/mol. The number of rotatable bonds is 5. The van der Waals surface area contributed by atoms with Crippen LogP contribution in [-0.2, 0) is 9.67 Å². The van der Waals surface area contributed by atoms with Crippen molar-refractivity contribution in [3.05, 3.63) is 178 Å². The van der Waals surface area contributed by atoms with Crippen LogP contribution in [0.3, 0.4) is 0 Å². The summed E-state index contributed by atoms with van der Waals surface area (Å²) in [6.07, 6.45) is 27.4. The highest BCUT2D eigenvalue weighted by Crippen LogP contribution is 2.53. The van der Waals surface area contributed by atoms with Gasteiger partial charge in [-0.25, -0.2) is 4.99 Å². The van der Waals surface area contributed by atoms with Crippen LogP contribution in [0.2, 0.25) is 0 Å². The molecule has 8 heterocycles. The van der Waals surface area contributed by atoms with Crippen LogP contribution in [0.25, 0.3) is 16.7 Å². The first-order valence-electron chi connectivity index (χ1n) is 19.0. The fraction of sp³-hybridized carbons (Fsp3) is 0.196. The zero-order valence-electron chi connectivity index (χ0n) is 32.1. The Morgan fingerprint density at radius 1 is 0.684 bits per heavy atom. The van der Waals surface area contributed by atoms with Gasteiger partial charge >= 0.3 is 0 Å². The van der Waals surface area contributed by atoms with Gasteiger partial charge in [0.25, 0.3) is 0 Å². The molecule has 3 N–H and O–H groups in total. The number of anilines is 1. The van der Waals surface area contributed by atoms with Crippen LogP contribution < -0.4 is 16.0 Å². The number of likely N-dealkylation sites (N-methyl/N-ethyl adjacent to an activating group) is 3. The summed E-state index contributed by atoms with van der Waals surface area (Å²) in [5, 5.41) is 4.66. The third kappa shape index (κ3) is 6.50. The van der Waals surface area contributed by atoms with Crippen LogP contribution in [-0.4, -0.2) is 87.8 Å². The van der Waals surface area contributed by atoms with Crippen molar-refractivity contribution in [1.82, 2.24) is 24.7 Å². The Labute approximate surface area is 341 Å². The van der Waals surface area contributed by atoms with Gasteiger partial charge in [-0.15, -0.1) is 11.6 Å². The topological polar surface area (TPSA) is 95.1 Å². The summed E-state index contributed by atoms with van der Waals surface area (Å²) in [4.78, 5) is 33.8. The Balaban J connectivity index is 1.37. The Morgan fingerprint density at radius 3 is 1.84 bits per heavy atom. The SMILES string of the molecule is CC(=O)Nc1ccc(C2(Cl)c3ccc([nH]3)C(C3=CN(C)CC=C3)=C3C=CC(=N3)C(C3=CN(C)CC=C3)=c3ccc([nH]3)=C(C3=CN(C)CC=C3)C3=NC2(Cl)C=C3)cc1. The van der Waals surface area contributed by atoms with Gasteiger partial charge in [0, 0.05) is 128 Å². The zero-order valence-corrected chi connectivity index (χ0v) is 33.7. The molecule has 1 aromatic carbocycles. The molecule has 0 spiro atoms. The molecule has 11 heteroatoms. The highest BCUT2D eigenvalue weighted by Gasteiger charge is 2.53. The molecule has 0 radical (unpaired) electrons. The third-order valence-corrected chi connectivity index (χ3v) is 12.1. The van der Waals surface area contributed by atoms with E-state index in [1.54, 1.807) is 0 Å². The van der Waals surface area contributed by atoms with Gasteiger partial charge in [-0.2, -0.15) is 0 Å². The number of halogens is 2. The van der Waals surface area contributed by atoms with Gasteiger partial charge in [-0.1, -0.05) is 60.2 Å². The molecule has 0 saturated heterocycles. The predicted molar refractivity (Wildman–Crippen MR) is 233 cm³/mol. The standard InChI is InChI=1S/C46H42Cl2N8O/c1-29(57)49-34-13-11-33(12-14-34)46(48)41-20-19-39(52-41)43(31-9-6-24-55(3)27-31)37-16-15-35(50-37)42(30-8-5-23-54(2)26-30)36-17-18-38(51-36)44(32-10-7-25-56(4)28-32)40-21-22-45(46,47)53-40/h5-22,26-28,51-52H,23-25H2,1-4H3,(H,49,57). The van der Waals surface area contributed by atoms with Crippen LogP contribution >= 0.6 is 23.2 Å². The maximum Gasteiger partial charge on any atom is 0.221 e. The largest absolute Gasteiger partial charge is 0.376 e. The van der Waals surface area contributed by atoms with E-state index in [0.29, 0.717) is 22.7 Å². The lowest BCUT2D eigenvalue weighted by Gasteiger charge is -2.37. The fourth-order valence-corrected chi connectivity index (χ4v) is 8.88. The number of aromatic amines is 2. The molecule has 2 atom stereocenters. The summed E-state index contributed by atoms with van der Waals surface area (Å²) in [6.45, 7) is 3.91. The molecule has 9 rings (SSSR count). The molecular formula is C46H42Cl2N8O. The number of hydrogen-bond acceptors (Lipinski definition) is 6. The second kappa shape index (κ2) is 14.2. The maximum absolute atomic E-state index is 11.9. The summed E-state index contributed by atoms with van der Waals surface area (Å²) >= 11 is 15.9. The molecule has 0 aliphatic carbocycles. The number of carbonyl (C=O) groups excluding carboxylic acids is 1. The Hall–Kier alpha value is -6.03. The minimum Gasteiger partial charge on any atom is -0.376 e. The Kier molecular flexibility index (Phi) is 9.10. The third-order valence-electron chi connectivity index (χ3n) is 10.8. The second-order valence-corrected chi connectivity index (χ2v) is 16.3. The van der Waals surface area contributed by atoms with Crippen LogP contribution in [0.15, 0.2) is 160 Å². The number of carbonyl (C=O) groups is 1. The van der Waals surface area contributed by atoms with Crippen LogP contribution in [0.1, 0.15) is 23.9 Å². The smallest absolute Gasteiger partial charge is 0.221 e. The number of fused-ring (bicyclic) bond motifs is 6. The molecule has 286 valence electrons. The number of aromatic nitrogens is 2. The van der Waals surface area contributed by atoms with E-state index >= 15 is 0 Å². The first-order valence-corrected chi connectivity index (χ1v) is 19.7. The van der Waals surface area contributed by atoms with Crippen LogP contribution in [0.4, 0.5) is 5.69 Å². The number of alkyl halides is 2. The number of H-pyrrole nitrogens is 2. The van der Waals surface area contributed by atoms with Crippen molar-refractivity contribution in [2.45, 2.75) is 16.8 Å². The van der Waals surface area contributed by atoms with E-state index in [0.717, 1.165) is 80.9 Å². The molecule has 2 aromatic heterocycles. The van der Waals surface area contributed by atoms with Crippen molar-refractivity contribution in [3.8, 4) is 0 Å². The Bertz CT molecular complexity index is 2690. The number of hydrogen-bond donors (Lipinski definition) is 3. The number of amides is 1. The molecule has 8 bridgehead atoms. The summed E-state index contributed by atoms with van der Waals surface area (Å²) in [6, 6.07) is 15.7. The van der Waals surface area contributed by atoms with Gasteiger partial charge in [0.15, 0.2) is 9.87 Å². The summed E-state index contributed by atoms with van der Waals surface area (Å²) < 4.78 is 0. The van der Waals surface area contributed by atoms with Crippen molar-refractivity contribution in [2.24, 2.45) is 9.98 Å². The van der Waals surface area contributed by atoms with E-state index in [4.69, 9.17) is 33.2 Å². The molecule has 1 amide bonds. The highest BCUT2D eigenvalue weighted by atomic mass is 35.5. The second-order valence-electron chi connectivity index (χ2n) is 15.1. The van der Waals surface area contributed by atoms with Gasteiger partial charge in [-0.3, -0.25) is 9.79 Å². The van der Waals surface area contributed by atoms with Gasteiger partial charge in [0.05, 0.1) is 17.1 Å². The molecule has 9 nitrogen and oxygen atoms in total. The maximum atomic E-state index is 11.9. The van der Waals surface area contributed by atoms with Crippen molar-refractivity contribution >= 4 is 62.9 Å².